The number of hydrogen-bond donors (Lipinski definition) is 2. The molecule has 1 saturated heterocycles. The van der Waals surface area contributed by atoms with E-state index >= 15 is 0 Å². The number of para-hydroxylation sites is 2. The monoisotopic (exact) mass is 600 g/mol. The van der Waals surface area contributed by atoms with Crippen molar-refractivity contribution in [3.8, 4) is 17.2 Å². The number of aliphatic carboxylic acids is 1. The Kier molecular flexibility index (Phi) is 8.67. The summed E-state index contributed by atoms with van der Waals surface area (Å²) < 4.78 is 17.8. The van der Waals surface area contributed by atoms with E-state index in [1.807, 2.05) is 69.3 Å². The van der Waals surface area contributed by atoms with Gasteiger partial charge < -0.3 is 29.5 Å². The maximum absolute atomic E-state index is 14.5. The molecule has 3 aromatic carbocycles. The fourth-order valence-electron chi connectivity index (χ4n) is 6.65. The minimum Gasteiger partial charge on any atom is -0.496 e. The lowest BCUT2D eigenvalue weighted by Crippen LogP contribution is -2.53. The predicted molar refractivity (Wildman–Crippen MR) is 169 cm³/mol. The summed E-state index contributed by atoms with van der Waals surface area (Å²) >= 11 is 0. The van der Waals surface area contributed by atoms with E-state index in [0.717, 1.165) is 16.9 Å². The van der Waals surface area contributed by atoms with Crippen LogP contribution in [0.5, 0.6) is 17.2 Å². The second kappa shape index (κ2) is 12.2. The third-order valence-electron chi connectivity index (χ3n) is 8.77. The molecule has 234 valence electrons. The molecule has 0 saturated carbocycles. The lowest BCUT2D eigenvalue weighted by molar-refractivity contribution is -0.156. The zero-order chi connectivity index (χ0) is 31.8. The van der Waals surface area contributed by atoms with Gasteiger partial charge in [-0.05, 0) is 40.2 Å². The van der Waals surface area contributed by atoms with Gasteiger partial charge in [0.05, 0.1) is 13.2 Å². The van der Waals surface area contributed by atoms with Gasteiger partial charge in [0.15, 0.2) is 11.5 Å². The third-order valence-corrected chi connectivity index (χ3v) is 8.77. The molecule has 44 heavy (non-hydrogen) atoms. The Bertz CT molecular complexity index is 1490. The van der Waals surface area contributed by atoms with E-state index in [2.05, 4.69) is 38.2 Å². The Morgan fingerprint density at radius 1 is 0.955 bits per heavy atom. The fraction of sp³-hybridized carbons (Fsp3) is 0.444. The van der Waals surface area contributed by atoms with Gasteiger partial charge in [0.2, 0.25) is 6.10 Å². The Morgan fingerprint density at radius 2 is 1.61 bits per heavy atom. The quantitative estimate of drug-likeness (QED) is 0.344. The zero-order valence-corrected chi connectivity index (χ0v) is 26.7. The van der Waals surface area contributed by atoms with E-state index in [4.69, 9.17) is 14.2 Å². The van der Waals surface area contributed by atoms with Crippen LogP contribution in [-0.2, 0) is 21.5 Å². The molecule has 1 fully saturated rings. The van der Waals surface area contributed by atoms with Crippen LogP contribution in [0.2, 0.25) is 0 Å². The number of benzene rings is 3. The summed E-state index contributed by atoms with van der Waals surface area (Å²) in [6.07, 6.45) is -0.985. The lowest BCUT2D eigenvalue weighted by Gasteiger charge is -2.36. The van der Waals surface area contributed by atoms with Crippen molar-refractivity contribution in [2.24, 2.45) is 11.3 Å². The van der Waals surface area contributed by atoms with E-state index in [9.17, 15) is 14.7 Å². The van der Waals surface area contributed by atoms with Crippen LogP contribution >= 0.6 is 0 Å². The van der Waals surface area contributed by atoms with Crippen LogP contribution in [0.15, 0.2) is 72.8 Å². The van der Waals surface area contributed by atoms with Gasteiger partial charge in [-0.15, -0.1) is 0 Å². The molecule has 5 atom stereocenters. The first-order chi connectivity index (χ1) is 20.8. The second-order valence-corrected chi connectivity index (χ2v) is 13.8. The smallest absolute Gasteiger partial charge is 0.326 e. The number of nitrogens with zero attached hydrogens (tertiary/aromatic N) is 1. The summed E-state index contributed by atoms with van der Waals surface area (Å²) in [5.41, 5.74) is 2.45. The first-order valence-electron chi connectivity index (χ1n) is 15.2. The molecule has 0 aliphatic carbocycles. The van der Waals surface area contributed by atoms with Gasteiger partial charge in [-0.2, -0.15) is 0 Å². The first kappa shape index (κ1) is 31.4. The molecule has 2 heterocycles. The molecular weight excluding hydrogens is 556 g/mol. The maximum atomic E-state index is 14.5. The zero-order valence-electron chi connectivity index (χ0n) is 26.7. The number of carbonyl (C=O) groups is 2. The Hall–Kier alpha value is -4.04. The topological polar surface area (TPSA) is 97.3 Å². The van der Waals surface area contributed by atoms with Crippen molar-refractivity contribution in [2.75, 3.05) is 13.7 Å². The van der Waals surface area contributed by atoms with Crippen LogP contribution < -0.4 is 19.5 Å². The van der Waals surface area contributed by atoms with Crippen molar-refractivity contribution in [3.63, 3.8) is 0 Å². The number of rotatable bonds is 7. The number of ether oxygens (including phenoxy) is 3. The highest BCUT2D eigenvalue weighted by molar-refractivity contribution is 5.89. The molecule has 3 aromatic rings. The molecule has 0 spiro atoms. The first-order valence-corrected chi connectivity index (χ1v) is 15.2. The van der Waals surface area contributed by atoms with Crippen LogP contribution in [0.4, 0.5) is 0 Å². The summed E-state index contributed by atoms with van der Waals surface area (Å²) in [5, 5.41) is 14.5. The minimum absolute atomic E-state index is 0.00469. The molecule has 8 heteroatoms. The molecule has 0 aromatic heterocycles. The molecule has 1 amide bonds. The van der Waals surface area contributed by atoms with Gasteiger partial charge in [-0.1, -0.05) is 96.1 Å². The molecule has 2 aliphatic heterocycles. The van der Waals surface area contributed by atoms with Crippen molar-refractivity contribution in [2.45, 2.75) is 77.7 Å². The SMILES string of the molecule is COc1ccc(C(C)(C)C)cc1CN[C@H]1[C@H](C(C)(C)C)[C@@H](C(=O)O)N(C(=O)[C@H]2COc3ccccc3O2)[C@H]1c1ccccc1. The predicted octanol–water partition coefficient (Wildman–Crippen LogP) is 5.99. The standard InChI is InChI=1S/C36H44N2O6/c1-35(2,3)24-17-18-25(42-7)23(19-24)20-37-30-29(36(4,5)6)32(34(40)41)38(31(30)22-13-9-8-10-14-22)33(39)28-21-43-26-15-11-12-16-27(26)44-28/h8-19,28-32,37H,20-21H2,1-7H3,(H,40,41)/t28-,29+,30+,31+,32+/m1/s1. The van der Waals surface area contributed by atoms with Crippen LogP contribution in [0.1, 0.15) is 64.3 Å². The number of carboxylic acids is 1. The molecule has 5 rings (SSSR count). The van der Waals surface area contributed by atoms with Gasteiger partial charge in [-0.25, -0.2) is 4.79 Å². The Morgan fingerprint density at radius 3 is 2.23 bits per heavy atom. The highest BCUT2D eigenvalue weighted by atomic mass is 16.6. The molecule has 0 unspecified atom stereocenters. The molecule has 0 bridgehead atoms. The van der Waals surface area contributed by atoms with Gasteiger partial charge in [0.25, 0.3) is 5.91 Å². The van der Waals surface area contributed by atoms with Crippen molar-refractivity contribution >= 4 is 11.9 Å². The molecular formula is C36H44N2O6. The second-order valence-electron chi connectivity index (χ2n) is 13.8. The minimum atomic E-state index is -1.10. The fourth-order valence-corrected chi connectivity index (χ4v) is 6.65. The number of fused-ring (bicyclic) bond motifs is 1. The maximum Gasteiger partial charge on any atom is 0.326 e. The largest absolute Gasteiger partial charge is 0.496 e. The number of carbonyl (C=O) groups excluding carboxylic acids is 1. The number of methoxy groups -OCH3 is 1. The van der Waals surface area contributed by atoms with Crippen molar-refractivity contribution < 1.29 is 28.9 Å². The van der Waals surface area contributed by atoms with E-state index in [1.54, 1.807) is 19.2 Å². The van der Waals surface area contributed by atoms with E-state index in [0.29, 0.717) is 18.0 Å². The van der Waals surface area contributed by atoms with Crippen molar-refractivity contribution in [1.82, 2.24) is 10.2 Å². The van der Waals surface area contributed by atoms with E-state index in [-0.39, 0.29) is 12.0 Å². The molecule has 2 aliphatic rings. The van der Waals surface area contributed by atoms with Gasteiger partial charge in [0.1, 0.15) is 18.4 Å². The van der Waals surface area contributed by atoms with Crippen LogP contribution in [0.25, 0.3) is 0 Å². The van der Waals surface area contributed by atoms with E-state index in [1.165, 1.54) is 10.5 Å². The highest BCUT2D eigenvalue weighted by Crippen LogP contribution is 2.49. The molecule has 0 radical (unpaired) electrons. The van der Waals surface area contributed by atoms with Crippen LogP contribution in [0, 0.1) is 11.3 Å². The van der Waals surface area contributed by atoms with Crippen LogP contribution in [0.3, 0.4) is 0 Å². The molecule has 2 N–H and O–H groups in total. The summed E-state index contributed by atoms with van der Waals surface area (Å²) in [4.78, 5) is 29.2. The Balaban J connectivity index is 1.58. The Labute approximate surface area is 260 Å². The number of nitrogens with one attached hydrogen (secondary N) is 1. The summed E-state index contributed by atoms with van der Waals surface area (Å²) in [6.45, 7) is 13.0. The third kappa shape index (κ3) is 6.13. The number of likely N-dealkylation sites (tertiary alicyclic amines) is 1. The van der Waals surface area contributed by atoms with Crippen molar-refractivity contribution in [1.29, 1.82) is 0 Å². The van der Waals surface area contributed by atoms with Gasteiger partial charge >= 0.3 is 5.97 Å². The van der Waals surface area contributed by atoms with Gasteiger partial charge in [0, 0.05) is 24.1 Å². The van der Waals surface area contributed by atoms with Crippen LogP contribution in [-0.4, -0.2) is 53.8 Å². The number of hydrogen-bond acceptors (Lipinski definition) is 6. The van der Waals surface area contributed by atoms with E-state index < -0.39 is 47.4 Å². The highest BCUT2D eigenvalue weighted by Gasteiger charge is 2.59. The number of amides is 1. The van der Waals surface area contributed by atoms with Gasteiger partial charge in [-0.3, -0.25) is 4.79 Å². The summed E-state index contributed by atoms with van der Waals surface area (Å²) in [5.74, 6) is -0.123. The molecule has 8 nitrogen and oxygen atoms in total. The average Bonchev–Trinajstić information content (AvgIpc) is 3.35. The number of carboxylic acid groups (broad SMARTS) is 1. The lowest BCUT2D eigenvalue weighted by atomic mass is 9.72. The average molecular weight is 601 g/mol. The van der Waals surface area contributed by atoms with Crippen molar-refractivity contribution in [3.05, 3.63) is 89.5 Å². The normalized spacial score (nSPS) is 23.3. The summed E-state index contributed by atoms with van der Waals surface area (Å²) in [7, 11) is 1.65. The summed E-state index contributed by atoms with van der Waals surface area (Å²) in [6, 6.07) is 21.0.